The maximum atomic E-state index is 13.2. The van der Waals surface area contributed by atoms with Crippen LogP contribution in [0.25, 0.3) is 6.08 Å². The van der Waals surface area contributed by atoms with Gasteiger partial charge in [0.2, 0.25) is 0 Å². The number of nitro benzene ring substituents is 1. The third kappa shape index (κ3) is 6.30. The van der Waals surface area contributed by atoms with Gasteiger partial charge in [-0.2, -0.15) is 0 Å². The van der Waals surface area contributed by atoms with Gasteiger partial charge in [0.1, 0.15) is 11.4 Å². The molecule has 0 aliphatic rings. The molecule has 2 amide bonds. The van der Waals surface area contributed by atoms with Crippen LogP contribution >= 0.6 is 11.6 Å². The van der Waals surface area contributed by atoms with Crippen molar-refractivity contribution in [1.82, 2.24) is 5.32 Å². The molecule has 0 aliphatic heterocycles. The first-order valence-corrected chi connectivity index (χ1v) is 10.8. The van der Waals surface area contributed by atoms with Gasteiger partial charge in [0.25, 0.3) is 17.5 Å². The van der Waals surface area contributed by atoms with Gasteiger partial charge < -0.3 is 24.8 Å². The summed E-state index contributed by atoms with van der Waals surface area (Å²) in [5.41, 5.74) is 0.0387. The molecule has 0 atom stereocenters. The summed E-state index contributed by atoms with van der Waals surface area (Å²) in [5.74, 6) is -0.450. The minimum Gasteiger partial charge on any atom is -0.497 e. The van der Waals surface area contributed by atoms with Gasteiger partial charge in [-0.15, -0.1) is 0 Å². The molecule has 186 valence electrons. The smallest absolute Gasteiger partial charge is 0.280 e. The van der Waals surface area contributed by atoms with Gasteiger partial charge in [0.05, 0.1) is 37.9 Å². The highest BCUT2D eigenvalue weighted by atomic mass is 35.5. The number of nitro groups is 1. The molecule has 0 aromatic heterocycles. The van der Waals surface area contributed by atoms with Crippen molar-refractivity contribution in [1.29, 1.82) is 0 Å². The molecule has 10 nitrogen and oxygen atoms in total. The van der Waals surface area contributed by atoms with Crippen molar-refractivity contribution in [3.8, 4) is 17.2 Å². The van der Waals surface area contributed by atoms with Crippen LogP contribution in [0.3, 0.4) is 0 Å². The van der Waals surface area contributed by atoms with Gasteiger partial charge in [-0.3, -0.25) is 19.7 Å². The van der Waals surface area contributed by atoms with Crippen LogP contribution < -0.4 is 24.8 Å². The van der Waals surface area contributed by atoms with Crippen LogP contribution in [-0.4, -0.2) is 38.1 Å². The maximum Gasteiger partial charge on any atom is 0.280 e. The zero-order chi connectivity index (χ0) is 26.2. The number of hydrogen-bond donors (Lipinski definition) is 2. The number of amides is 2. The number of anilines is 1. The Morgan fingerprint density at radius 1 is 0.917 bits per heavy atom. The van der Waals surface area contributed by atoms with E-state index in [9.17, 15) is 19.7 Å². The molecule has 0 aliphatic carbocycles. The Morgan fingerprint density at radius 2 is 1.53 bits per heavy atom. The Bertz CT molecular complexity index is 1310. The second-order valence-corrected chi connectivity index (χ2v) is 7.66. The van der Waals surface area contributed by atoms with Crippen LogP contribution in [0, 0.1) is 10.1 Å². The molecule has 0 bridgehead atoms. The van der Waals surface area contributed by atoms with E-state index in [-0.39, 0.29) is 34.0 Å². The molecule has 0 spiro atoms. The SMILES string of the molecule is COc1ccc(C(=O)N/C(=C\c2cc(OC)c(OC)cc2[N+](=O)[O-])C(=O)Nc2ccc(Cl)cc2)cc1. The minimum atomic E-state index is -0.719. The van der Waals surface area contributed by atoms with Gasteiger partial charge in [-0.05, 0) is 60.7 Å². The zero-order valence-corrected chi connectivity index (χ0v) is 20.3. The van der Waals surface area contributed by atoms with E-state index in [2.05, 4.69) is 10.6 Å². The predicted molar refractivity (Wildman–Crippen MR) is 135 cm³/mol. The lowest BCUT2D eigenvalue weighted by atomic mass is 10.1. The average Bonchev–Trinajstić information content (AvgIpc) is 2.89. The fourth-order valence-corrected chi connectivity index (χ4v) is 3.27. The number of benzene rings is 3. The normalized spacial score (nSPS) is 10.8. The summed E-state index contributed by atoms with van der Waals surface area (Å²) in [6, 6.07) is 15.0. The Morgan fingerprint density at radius 3 is 2.08 bits per heavy atom. The molecule has 3 aromatic rings. The highest BCUT2D eigenvalue weighted by Crippen LogP contribution is 2.35. The van der Waals surface area contributed by atoms with Gasteiger partial charge in [0, 0.05) is 16.3 Å². The number of rotatable bonds is 9. The molecule has 3 rings (SSSR count). The molecule has 3 aromatic carbocycles. The monoisotopic (exact) mass is 511 g/mol. The maximum absolute atomic E-state index is 13.2. The zero-order valence-electron chi connectivity index (χ0n) is 19.5. The van der Waals surface area contributed by atoms with E-state index in [1.54, 1.807) is 36.4 Å². The third-order valence-corrected chi connectivity index (χ3v) is 5.23. The minimum absolute atomic E-state index is 0.00828. The predicted octanol–water partition coefficient (Wildman–Crippen LogP) is 4.68. The summed E-state index contributed by atoms with van der Waals surface area (Å²) in [5, 5.41) is 17.4. The van der Waals surface area contributed by atoms with E-state index in [4.69, 9.17) is 25.8 Å². The van der Waals surface area contributed by atoms with Gasteiger partial charge in [-0.1, -0.05) is 11.6 Å². The van der Waals surface area contributed by atoms with Crippen molar-refractivity contribution in [2.75, 3.05) is 26.6 Å². The number of hydrogen-bond acceptors (Lipinski definition) is 7. The number of methoxy groups -OCH3 is 3. The second-order valence-electron chi connectivity index (χ2n) is 7.22. The van der Waals surface area contributed by atoms with Crippen LogP contribution in [0.5, 0.6) is 17.2 Å². The summed E-state index contributed by atoms with van der Waals surface area (Å²) >= 11 is 5.90. The van der Waals surface area contributed by atoms with Crippen LogP contribution in [0.4, 0.5) is 11.4 Å². The Balaban J connectivity index is 2.05. The molecule has 0 unspecified atom stereocenters. The number of nitrogens with zero attached hydrogens (tertiary/aromatic N) is 1. The lowest BCUT2D eigenvalue weighted by molar-refractivity contribution is -0.385. The number of carbonyl (C=O) groups excluding carboxylic acids is 2. The van der Waals surface area contributed by atoms with E-state index in [0.717, 1.165) is 0 Å². The molecule has 0 saturated carbocycles. The summed E-state index contributed by atoms with van der Waals surface area (Å²) < 4.78 is 15.5. The molecular weight excluding hydrogens is 490 g/mol. The van der Waals surface area contributed by atoms with Gasteiger partial charge >= 0.3 is 0 Å². The molecule has 0 heterocycles. The van der Waals surface area contributed by atoms with Crippen molar-refractivity contribution >= 4 is 40.9 Å². The summed E-state index contributed by atoms with van der Waals surface area (Å²) in [6.07, 6.45) is 1.19. The van der Waals surface area contributed by atoms with Crippen molar-refractivity contribution in [3.05, 3.63) is 92.6 Å². The van der Waals surface area contributed by atoms with E-state index in [1.165, 1.54) is 51.7 Å². The number of ether oxygens (including phenoxy) is 3. The Labute approximate surface area is 211 Å². The highest BCUT2D eigenvalue weighted by molar-refractivity contribution is 6.30. The molecular formula is C25H22ClN3O7. The molecule has 11 heteroatoms. The summed E-state index contributed by atoms with van der Waals surface area (Å²) in [6.45, 7) is 0. The standard InChI is InChI=1S/C25H22ClN3O7/c1-34-19-10-4-15(5-11-19)24(30)28-20(25(31)27-18-8-6-17(26)7-9-18)12-16-13-22(35-2)23(36-3)14-21(16)29(32)33/h4-14H,1-3H3,(H,27,31)(H,28,30)/b20-12-. The Hall–Kier alpha value is -4.57. The lowest BCUT2D eigenvalue weighted by Gasteiger charge is -2.13. The van der Waals surface area contributed by atoms with E-state index in [1.807, 2.05) is 0 Å². The second kappa shape index (κ2) is 11.7. The molecule has 0 radical (unpaired) electrons. The van der Waals surface area contributed by atoms with E-state index in [0.29, 0.717) is 16.5 Å². The average molecular weight is 512 g/mol. The number of carbonyl (C=O) groups is 2. The van der Waals surface area contributed by atoms with Crippen molar-refractivity contribution in [3.63, 3.8) is 0 Å². The van der Waals surface area contributed by atoms with Crippen molar-refractivity contribution < 1.29 is 28.7 Å². The van der Waals surface area contributed by atoms with Crippen molar-refractivity contribution in [2.24, 2.45) is 0 Å². The van der Waals surface area contributed by atoms with E-state index >= 15 is 0 Å². The highest BCUT2D eigenvalue weighted by Gasteiger charge is 2.22. The van der Waals surface area contributed by atoms with Crippen molar-refractivity contribution in [2.45, 2.75) is 0 Å². The quantitative estimate of drug-likeness (QED) is 0.242. The van der Waals surface area contributed by atoms with Crippen LogP contribution in [0.2, 0.25) is 5.02 Å². The van der Waals surface area contributed by atoms with Gasteiger partial charge in [0.15, 0.2) is 11.5 Å². The third-order valence-electron chi connectivity index (χ3n) is 4.98. The number of halogens is 1. The molecule has 0 fully saturated rings. The topological polar surface area (TPSA) is 129 Å². The first-order valence-electron chi connectivity index (χ1n) is 10.4. The summed E-state index contributed by atoms with van der Waals surface area (Å²) in [7, 11) is 4.21. The van der Waals surface area contributed by atoms with E-state index < -0.39 is 16.7 Å². The van der Waals surface area contributed by atoms with Crippen LogP contribution in [-0.2, 0) is 4.79 Å². The van der Waals surface area contributed by atoms with Crippen LogP contribution in [0.15, 0.2) is 66.4 Å². The fourth-order valence-electron chi connectivity index (χ4n) is 3.14. The first-order chi connectivity index (χ1) is 17.2. The van der Waals surface area contributed by atoms with Crippen LogP contribution in [0.1, 0.15) is 15.9 Å². The lowest BCUT2D eigenvalue weighted by Crippen LogP contribution is -2.30. The number of nitrogens with one attached hydrogen (secondary N) is 2. The first kappa shape index (κ1) is 26.0. The van der Waals surface area contributed by atoms with Gasteiger partial charge in [-0.25, -0.2) is 0 Å². The Kier molecular flexibility index (Phi) is 8.48. The molecule has 36 heavy (non-hydrogen) atoms. The molecule has 0 saturated heterocycles. The summed E-state index contributed by atoms with van der Waals surface area (Å²) in [4.78, 5) is 37.2. The fraction of sp³-hybridized carbons (Fsp3) is 0.120. The largest absolute Gasteiger partial charge is 0.497 e. The molecule has 2 N–H and O–H groups in total.